The summed E-state index contributed by atoms with van der Waals surface area (Å²) < 4.78 is 23.9. The highest BCUT2D eigenvalue weighted by molar-refractivity contribution is 5.88. The van der Waals surface area contributed by atoms with E-state index in [0.717, 1.165) is 35.1 Å². The van der Waals surface area contributed by atoms with Gasteiger partial charge >= 0.3 is 0 Å². The Morgan fingerprint density at radius 2 is 2.00 bits per heavy atom. The first-order valence-corrected chi connectivity index (χ1v) is 8.72. The van der Waals surface area contributed by atoms with Crippen molar-refractivity contribution in [2.75, 3.05) is 7.11 Å². The molecule has 4 nitrogen and oxygen atoms in total. The van der Waals surface area contributed by atoms with Crippen molar-refractivity contribution in [3.63, 3.8) is 0 Å². The maximum atomic E-state index is 13.1. The number of carbonyl (C=O) groups is 1. The number of methoxy groups -OCH3 is 1. The lowest BCUT2D eigenvalue weighted by molar-refractivity contribution is -0.131. The largest absolute Gasteiger partial charge is 0.497 e. The van der Waals surface area contributed by atoms with Crippen LogP contribution in [0.4, 0.5) is 4.39 Å². The molecule has 1 heterocycles. The highest BCUT2D eigenvalue weighted by Gasteiger charge is 2.32. The van der Waals surface area contributed by atoms with Gasteiger partial charge < -0.3 is 14.1 Å². The van der Waals surface area contributed by atoms with Crippen LogP contribution in [0.3, 0.4) is 0 Å². The van der Waals surface area contributed by atoms with Crippen LogP contribution >= 0.6 is 0 Å². The second kappa shape index (κ2) is 6.83. The van der Waals surface area contributed by atoms with Crippen molar-refractivity contribution in [2.45, 2.75) is 31.8 Å². The van der Waals surface area contributed by atoms with Crippen molar-refractivity contribution in [1.29, 1.82) is 0 Å². The highest BCUT2D eigenvalue weighted by Crippen LogP contribution is 2.31. The number of rotatable bonds is 6. The number of amides is 1. The third-order valence-corrected chi connectivity index (χ3v) is 4.78. The fourth-order valence-corrected chi connectivity index (χ4v) is 3.19. The zero-order valence-corrected chi connectivity index (χ0v) is 14.6. The summed E-state index contributed by atoms with van der Waals surface area (Å²) in [6.07, 6.45) is 3.98. The zero-order valence-electron chi connectivity index (χ0n) is 14.6. The topological polar surface area (TPSA) is 42.7 Å². The Morgan fingerprint density at radius 1 is 1.23 bits per heavy atom. The first kappa shape index (κ1) is 16.6. The molecule has 1 aliphatic carbocycles. The zero-order chi connectivity index (χ0) is 18.1. The van der Waals surface area contributed by atoms with E-state index in [1.807, 2.05) is 23.1 Å². The van der Waals surface area contributed by atoms with Crippen LogP contribution < -0.4 is 4.74 Å². The lowest BCUT2D eigenvalue weighted by Crippen LogP contribution is -2.33. The van der Waals surface area contributed by atoms with Crippen molar-refractivity contribution >= 4 is 16.9 Å². The molecule has 3 aromatic rings. The van der Waals surface area contributed by atoms with Crippen molar-refractivity contribution in [1.82, 2.24) is 4.90 Å². The van der Waals surface area contributed by atoms with Crippen molar-refractivity contribution in [2.24, 2.45) is 0 Å². The van der Waals surface area contributed by atoms with Gasteiger partial charge in [-0.15, -0.1) is 0 Å². The minimum atomic E-state index is -0.265. The third-order valence-electron chi connectivity index (χ3n) is 4.78. The number of hydrogen-bond donors (Lipinski definition) is 0. The van der Waals surface area contributed by atoms with E-state index in [0.29, 0.717) is 12.1 Å². The van der Waals surface area contributed by atoms with Gasteiger partial charge in [-0.05, 0) is 42.7 Å². The van der Waals surface area contributed by atoms with Gasteiger partial charge in [0.1, 0.15) is 17.1 Å². The number of benzene rings is 2. The van der Waals surface area contributed by atoms with E-state index in [1.165, 1.54) is 12.1 Å². The van der Waals surface area contributed by atoms with Gasteiger partial charge in [0.2, 0.25) is 5.91 Å². The first-order chi connectivity index (χ1) is 12.6. The molecule has 0 N–H and O–H groups in total. The molecule has 26 heavy (non-hydrogen) atoms. The van der Waals surface area contributed by atoms with Crippen LogP contribution in [0.25, 0.3) is 11.0 Å². The fraction of sp³-hybridized carbons (Fsp3) is 0.286. The molecule has 5 heteroatoms. The Hall–Kier alpha value is -2.82. The van der Waals surface area contributed by atoms with Crippen molar-refractivity contribution in [3.05, 3.63) is 65.7 Å². The standard InChI is InChI=1S/C21H20FNO3/c1-25-18-8-9-19-15(13-26-20(19)11-18)10-21(24)23(17-6-7-17)12-14-2-4-16(22)5-3-14/h2-5,8-9,11,13,17H,6-7,10,12H2,1H3. The Morgan fingerprint density at radius 3 is 2.69 bits per heavy atom. The minimum absolute atomic E-state index is 0.0651. The molecule has 0 bridgehead atoms. The number of fused-ring (bicyclic) bond motifs is 1. The molecule has 1 fully saturated rings. The number of halogens is 1. The van der Waals surface area contributed by atoms with E-state index < -0.39 is 0 Å². The molecule has 0 unspecified atom stereocenters. The molecule has 1 amide bonds. The van der Waals surface area contributed by atoms with Crippen LogP contribution in [-0.2, 0) is 17.8 Å². The average Bonchev–Trinajstić information content (AvgIpc) is 3.42. The summed E-state index contributed by atoms with van der Waals surface area (Å²) in [6.45, 7) is 0.507. The van der Waals surface area contributed by atoms with E-state index in [9.17, 15) is 9.18 Å². The smallest absolute Gasteiger partial charge is 0.227 e. The normalized spacial score (nSPS) is 13.8. The second-order valence-electron chi connectivity index (χ2n) is 6.68. The minimum Gasteiger partial charge on any atom is -0.497 e. The van der Waals surface area contributed by atoms with E-state index in [2.05, 4.69) is 0 Å². The summed E-state index contributed by atoms with van der Waals surface area (Å²) in [5.74, 6) is 0.523. The van der Waals surface area contributed by atoms with Gasteiger partial charge in [0.05, 0.1) is 19.8 Å². The number of carbonyl (C=O) groups excluding carboxylic acids is 1. The van der Waals surface area contributed by atoms with E-state index in [1.54, 1.807) is 25.5 Å². The summed E-state index contributed by atoms with van der Waals surface area (Å²) in [5, 5.41) is 0.927. The Labute approximate surface area is 151 Å². The molecule has 0 saturated heterocycles. The van der Waals surface area contributed by atoms with E-state index >= 15 is 0 Å². The molecule has 1 aromatic heterocycles. The quantitative estimate of drug-likeness (QED) is 0.663. The predicted octanol–water partition coefficient (Wildman–Crippen LogP) is 4.31. The van der Waals surface area contributed by atoms with Crippen LogP contribution in [0.2, 0.25) is 0 Å². The monoisotopic (exact) mass is 353 g/mol. The van der Waals surface area contributed by atoms with E-state index in [-0.39, 0.29) is 24.2 Å². The van der Waals surface area contributed by atoms with E-state index in [4.69, 9.17) is 9.15 Å². The molecule has 0 spiro atoms. The summed E-state index contributed by atoms with van der Waals surface area (Å²) >= 11 is 0. The highest BCUT2D eigenvalue weighted by atomic mass is 19.1. The predicted molar refractivity (Wildman–Crippen MR) is 96.4 cm³/mol. The van der Waals surface area contributed by atoms with Gasteiger partial charge in [-0.25, -0.2) is 4.39 Å². The maximum absolute atomic E-state index is 13.1. The Bertz CT molecular complexity index is 928. The maximum Gasteiger partial charge on any atom is 0.227 e. The molecule has 0 radical (unpaired) electrons. The van der Waals surface area contributed by atoms with Crippen molar-refractivity contribution in [3.8, 4) is 5.75 Å². The molecule has 1 saturated carbocycles. The van der Waals surface area contributed by atoms with Crippen LogP contribution in [0.5, 0.6) is 5.75 Å². The third kappa shape index (κ3) is 3.43. The fourth-order valence-electron chi connectivity index (χ4n) is 3.19. The van der Waals surface area contributed by atoms with Gasteiger partial charge in [0.25, 0.3) is 0 Å². The number of furan rings is 1. The molecular formula is C21H20FNO3. The lowest BCUT2D eigenvalue weighted by atomic mass is 10.1. The molecule has 0 atom stereocenters. The van der Waals surface area contributed by atoms with Gasteiger partial charge in [0.15, 0.2) is 0 Å². The van der Waals surface area contributed by atoms with Crippen LogP contribution in [-0.4, -0.2) is 24.0 Å². The summed E-state index contributed by atoms with van der Waals surface area (Å²) in [6, 6.07) is 12.2. The Kier molecular flexibility index (Phi) is 4.37. The Balaban J connectivity index is 1.52. The van der Waals surface area contributed by atoms with Gasteiger partial charge in [-0.1, -0.05) is 12.1 Å². The second-order valence-corrected chi connectivity index (χ2v) is 6.68. The summed E-state index contributed by atoms with van der Waals surface area (Å²) in [4.78, 5) is 14.8. The van der Waals surface area contributed by atoms with Gasteiger partial charge in [-0.2, -0.15) is 0 Å². The van der Waals surface area contributed by atoms with Crippen LogP contribution in [0.15, 0.2) is 53.1 Å². The summed E-state index contributed by atoms with van der Waals surface area (Å²) in [5.41, 5.74) is 2.52. The average molecular weight is 353 g/mol. The SMILES string of the molecule is COc1ccc2c(CC(=O)N(Cc3ccc(F)cc3)C3CC3)coc2c1. The number of ether oxygens (including phenoxy) is 1. The molecular weight excluding hydrogens is 333 g/mol. The van der Waals surface area contributed by atoms with Crippen molar-refractivity contribution < 1.29 is 18.3 Å². The molecule has 4 rings (SSSR count). The molecule has 1 aliphatic rings. The number of hydrogen-bond acceptors (Lipinski definition) is 3. The van der Waals surface area contributed by atoms with Gasteiger partial charge in [-0.3, -0.25) is 4.79 Å². The summed E-state index contributed by atoms with van der Waals surface area (Å²) in [7, 11) is 1.61. The van der Waals surface area contributed by atoms with Gasteiger partial charge in [0, 0.05) is 29.6 Å². The molecule has 134 valence electrons. The molecule has 2 aromatic carbocycles. The number of nitrogens with zero attached hydrogens (tertiary/aromatic N) is 1. The first-order valence-electron chi connectivity index (χ1n) is 8.72. The van der Waals surface area contributed by atoms with Crippen LogP contribution in [0, 0.1) is 5.82 Å². The lowest BCUT2D eigenvalue weighted by Gasteiger charge is -2.22. The van der Waals surface area contributed by atoms with Crippen LogP contribution in [0.1, 0.15) is 24.0 Å². The molecule has 0 aliphatic heterocycles.